The molecule has 0 aromatic heterocycles. The van der Waals surface area contributed by atoms with Crippen molar-refractivity contribution in [1.29, 1.82) is 0 Å². The maximum absolute atomic E-state index is 12.6. The standard InChI is InChI=1S/C19H32NO7PS/c1-3-26-28(21,27-4-2)17-29(22,23)19-8-6-18(7-9-19)16-25-13-5-10-20-11-14-24-15-12-20/h6-9H,3-5,10-17H2,1-2H3. The average molecular weight is 450 g/mol. The molecule has 1 aromatic rings. The normalized spacial score (nSPS) is 16.2. The van der Waals surface area contributed by atoms with Crippen LogP contribution in [0.2, 0.25) is 0 Å². The Hall–Kier alpha value is -0.800. The minimum absolute atomic E-state index is 0.0909. The van der Waals surface area contributed by atoms with E-state index < -0.39 is 22.9 Å². The molecule has 0 spiro atoms. The van der Waals surface area contributed by atoms with Gasteiger partial charge >= 0.3 is 7.60 Å². The Bertz CT molecular complexity index is 738. The monoisotopic (exact) mass is 449 g/mol. The Morgan fingerprint density at radius 1 is 1.07 bits per heavy atom. The van der Waals surface area contributed by atoms with Crippen LogP contribution in [0.25, 0.3) is 0 Å². The van der Waals surface area contributed by atoms with Crippen LogP contribution in [0.3, 0.4) is 0 Å². The van der Waals surface area contributed by atoms with Crippen LogP contribution in [-0.2, 0) is 39.5 Å². The quantitative estimate of drug-likeness (QED) is 0.335. The summed E-state index contributed by atoms with van der Waals surface area (Å²) >= 11 is 0. The molecule has 0 unspecified atom stereocenters. The van der Waals surface area contributed by atoms with Crippen LogP contribution in [0.15, 0.2) is 29.2 Å². The minimum atomic E-state index is -3.79. The molecule has 29 heavy (non-hydrogen) atoms. The molecule has 2 rings (SSSR count). The predicted octanol–water partition coefficient (Wildman–Crippen LogP) is 2.92. The maximum atomic E-state index is 12.6. The Labute approximate surface area is 173 Å². The third-order valence-corrected chi connectivity index (χ3v) is 9.32. The van der Waals surface area contributed by atoms with Gasteiger partial charge in [-0.25, -0.2) is 8.42 Å². The van der Waals surface area contributed by atoms with Gasteiger partial charge in [-0.1, -0.05) is 12.1 Å². The van der Waals surface area contributed by atoms with Crippen LogP contribution in [-0.4, -0.2) is 71.5 Å². The summed E-state index contributed by atoms with van der Waals surface area (Å²) in [6.45, 7) is 9.10. The van der Waals surface area contributed by atoms with Crippen molar-refractivity contribution in [2.45, 2.75) is 31.8 Å². The SMILES string of the molecule is CCOP(=O)(CS(=O)(=O)c1ccc(COCCCN2CCOCC2)cc1)OCC. The largest absolute Gasteiger partial charge is 0.379 e. The van der Waals surface area contributed by atoms with E-state index in [2.05, 4.69) is 4.90 Å². The molecule has 0 N–H and O–H groups in total. The van der Waals surface area contributed by atoms with E-state index in [1.807, 2.05) is 0 Å². The molecule has 1 aliphatic heterocycles. The molecule has 10 heteroatoms. The van der Waals surface area contributed by atoms with Crippen LogP contribution in [0.1, 0.15) is 25.8 Å². The third kappa shape index (κ3) is 8.45. The number of hydrogen-bond acceptors (Lipinski definition) is 8. The van der Waals surface area contributed by atoms with Crippen molar-refractivity contribution in [3.8, 4) is 0 Å². The van der Waals surface area contributed by atoms with Gasteiger partial charge in [0.2, 0.25) is 0 Å². The summed E-state index contributed by atoms with van der Waals surface area (Å²) in [5, 5.41) is 0. The van der Waals surface area contributed by atoms with Gasteiger partial charge in [-0.15, -0.1) is 0 Å². The fraction of sp³-hybridized carbons (Fsp3) is 0.684. The van der Waals surface area contributed by atoms with E-state index in [1.165, 1.54) is 12.1 Å². The molecule has 0 amide bonds. The maximum Gasteiger partial charge on any atom is 0.346 e. The molecule has 166 valence electrons. The Morgan fingerprint density at radius 3 is 2.28 bits per heavy atom. The molecule has 1 aliphatic rings. The summed E-state index contributed by atoms with van der Waals surface area (Å²) in [7, 11) is -7.47. The highest BCUT2D eigenvalue weighted by Crippen LogP contribution is 2.50. The first-order valence-electron chi connectivity index (χ1n) is 9.96. The van der Waals surface area contributed by atoms with Crippen molar-refractivity contribution in [3.05, 3.63) is 29.8 Å². The molecular weight excluding hydrogens is 417 g/mol. The van der Waals surface area contributed by atoms with Gasteiger partial charge in [0.25, 0.3) is 0 Å². The van der Waals surface area contributed by atoms with Gasteiger partial charge in [0.05, 0.1) is 37.9 Å². The van der Waals surface area contributed by atoms with E-state index in [0.29, 0.717) is 13.2 Å². The lowest BCUT2D eigenvalue weighted by atomic mass is 10.2. The van der Waals surface area contributed by atoms with Crippen LogP contribution in [0, 0.1) is 0 Å². The lowest BCUT2D eigenvalue weighted by Crippen LogP contribution is -2.37. The molecule has 1 heterocycles. The average Bonchev–Trinajstić information content (AvgIpc) is 2.69. The van der Waals surface area contributed by atoms with Crippen molar-refractivity contribution in [2.24, 2.45) is 0 Å². The molecule has 0 bridgehead atoms. The fourth-order valence-corrected chi connectivity index (χ4v) is 7.26. The third-order valence-electron chi connectivity index (χ3n) is 4.40. The van der Waals surface area contributed by atoms with E-state index in [0.717, 1.165) is 44.8 Å². The zero-order valence-electron chi connectivity index (χ0n) is 17.2. The van der Waals surface area contributed by atoms with Gasteiger partial charge in [0.1, 0.15) is 0 Å². The molecule has 0 radical (unpaired) electrons. The number of ether oxygens (including phenoxy) is 2. The summed E-state index contributed by atoms with van der Waals surface area (Å²) in [5.74, 6) is 0. The van der Waals surface area contributed by atoms with Crippen LogP contribution in [0.4, 0.5) is 0 Å². The van der Waals surface area contributed by atoms with E-state index in [-0.39, 0.29) is 18.1 Å². The molecular formula is C19H32NO7PS. The number of sulfone groups is 1. The zero-order chi connectivity index (χ0) is 21.2. The summed E-state index contributed by atoms with van der Waals surface area (Å²) < 4.78 is 58.9. The van der Waals surface area contributed by atoms with E-state index in [1.54, 1.807) is 26.0 Å². The number of nitrogens with zero attached hydrogens (tertiary/aromatic N) is 1. The highest BCUT2D eigenvalue weighted by molar-refractivity contribution is 7.97. The van der Waals surface area contributed by atoms with Crippen molar-refractivity contribution < 1.29 is 31.5 Å². The number of rotatable bonds is 13. The lowest BCUT2D eigenvalue weighted by Gasteiger charge is -2.26. The fourth-order valence-electron chi connectivity index (χ4n) is 2.99. The van der Waals surface area contributed by atoms with Gasteiger partial charge < -0.3 is 18.5 Å². The molecule has 8 nitrogen and oxygen atoms in total. The second-order valence-corrected chi connectivity index (χ2v) is 11.2. The first-order chi connectivity index (χ1) is 13.9. The Kier molecular flexibility index (Phi) is 10.3. The molecule has 0 saturated carbocycles. The zero-order valence-corrected chi connectivity index (χ0v) is 19.0. The van der Waals surface area contributed by atoms with E-state index >= 15 is 0 Å². The number of benzene rings is 1. The minimum Gasteiger partial charge on any atom is -0.379 e. The highest BCUT2D eigenvalue weighted by atomic mass is 32.2. The van der Waals surface area contributed by atoms with Crippen molar-refractivity contribution >= 4 is 17.4 Å². The number of morpholine rings is 1. The van der Waals surface area contributed by atoms with Gasteiger partial charge in [0.15, 0.2) is 15.3 Å². The Morgan fingerprint density at radius 2 is 1.69 bits per heavy atom. The lowest BCUT2D eigenvalue weighted by molar-refractivity contribution is 0.0310. The van der Waals surface area contributed by atoms with Crippen LogP contribution < -0.4 is 0 Å². The van der Waals surface area contributed by atoms with Gasteiger partial charge in [-0.05, 0) is 38.0 Å². The summed E-state index contributed by atoms with van der Waals surface area (Å²) in [6.07, 6.45) is 0.941. The second kappa shape index (κ2) is 12.2. The van der Waals surface area contributed by atoms with E-state index in [4.69, 9.17) is 18.5 Å². The first kappa shape index (κ1) is 24.5. The van der Waals surface area contributed by atoms with Gasteiger partial charge in [-0.2, -0.15) is 0 Å². The molecule has 1 saturated heterocycles. The van der Waals surface area contributed by atoms with Crippen molar-refractivity contribution in [1.82, 2.24) is 4.90 Å². The molecule has 1 aromatic carbocycles. The summed E-state index contributed by atoms with van der Waals surface area (Å²) in [6, 6.07) is 6.43. The van der Waals surface area contributed by atoms with Crippen LogP contribution in [0.5, 0.6) is 0 Å². The topological polar surface area (TPSA) is 91.4 Å². The second-order valence-electron chi connectivity index (χ2n) is 6.69. The van der Waals surface area contributed by atoms with E-state index in [9.17, 15) is 13.0 Å². The van der Waals surface area contributed by atoms with Crippen molar-refractivity contribution in [3.63, 3.8) is 0 Å². The summed E-state index contributed by atoms with van der Waals surface area (Å²) in [5.41, 5.74) is 0.215. The molecule has 0 aliphatic carbocycles. The summed E-state index contributed by atoms with van der Waals surface area (Å²) in [4.78, 5) is 2.45. The Balaban J connectivity index is 1.81. The first-order valence-corrected chi connectivity index (χ1v) is 13.3. The predicted molar refractivity (Wildman–Crippen MR) is 111 cm³/mol. The smallest absolute Gasteiger partial charge is 0.346 e. The van der Waals surface area contributed by atoms with Gasteiger partial charge in [-0.3, -0.25) is 9.46 Å². The number of hydrogen-bond donors (Lipinski definition) is 0. The highest BCUT2D eigenvalue weighted by Gasteiger charge is 2.32. The van der Waals surface area contributed by atoms with Crippen LogP contribution >= 0.6 is 7.60 Å². The van der Waals surface area contributed by atoms with Gasteiger partial charge in [0, 0.05) is 26.2 Å². The molecule has 0 atom stereocenters. The molecule has 1 fully saturated rings. The van der Waals surface area contributed by atoms with Crippen molar-refractivity contribution in [2.75, 3.05) is 58.2 Å².